The first-order chi connectivity index (χ1) is 19.0. The van der Waals surface area contributed by atoms with Crippen molar-refractivity contribution >= 4 is 11.8 Å². The van der Waals surface area contributed by atoms with Gasteiger partial charge in [-0.2, -0.15) is 0 Å². The molecule has 1 aromatic heterocycles. The van der Waals surface area contributed by atoms with Crippen LogP contribution in [0, 0.1) is 0 Å². The van der Waals surface area contributed by atoms with Gasteiger partial charge in [0, 0.05) is 49.6 Å². The molecule has 1 spiro atoms. The molecular formula is C30H42N6O3. The van der Waals surface area contributed by atoms with E-state index in [2.05, 4.69) is 28.4 Å². The summed E-state index contributed by atoms with van der Waals surface area (Å²) in [5.74, 6) is 1.13. The fraction of sp³-hybridized carbons (Fsp3) is 0.633. The van der Waals surface area contributed by atoms with Crippen LogP contribution in [0.3, 0.4) is 0 Å². The van der Waals surface area contributed by atoms with E-state index in [9.17, 15) is 9.59 Å². The quantitative estimate of drug-likeness (QED) is 0.626. The highest BCUT2D eigenvalue weighted by Gasteiger charge is 2.45. The molecule has 2 aromatic rings. The molecule has 1 unspecified atom stereocenters. The van der Waals surface area contributed by atoms with Crippen molar-refractivity contribution in [3.05, 3.63) is 53.6 Å². The van der Waals surface area contributed by atoms with Gasteiger partial charge < -0.3 is 25.7 Å². The number of hydrogen-bond donors (Lipinski definition) is 2. The van der Waals surface area contributed by atoms with Crippen LogP contribution >= 0.6 is 0 Å². The van der Waals surface area contributed by atoms with Gasteiger partial charge in [-0.3, -0.25) is 14.3 Å². The molecule has 210 valence electrons. The number of rotatable bonds is 3. The Labute approximate surface area is 231 Å². The SMILES string of the molecule is NC1(C(=O)N2CCN(C(=O)c3ccc(C4CC5(CCCCCCCCC5)c5nccn5N4)cc3)CC2)COC1. The summed E-state index contributed by atoms with van der Waals surface area (Å²) in [6.07, 6.45) is 16.6. The first kappa shape index (κ1) is 26.3. The van der Waals surface area contributed by atoms with Crippen LogP contribution in [-0.2, 0) is 14.9 Å². The number of piperazine rings is 1. The van der Waals surface area contributed by atoms with Gasteiger partial charge in [0.2, 0.25) is 5.91 Å². The largest absolute Gasteiger partial charge is 0.376 e. The second-order valence-corrected chi connectivity index (χ2v) is 12.1. The molecule has 3 N–H and O–H groups in total. The number of hydrogen-bond acceptors (Lipinski definition) is 6. The smallest absolute Gasteiger partial charge is 0.253 e. The number of imidazole rings is 1. The molecule has 1 atom stereocenters. The molecule has 0 bridgehead atoms. The van der Waals surface area contributed by atoms with Crippen LogP contribution in [0.2, 0.25) is 0 Å². The Morgan fingerprint density at radius 1 is 0.897 bits per heavy atom. The normalized spacial score (nSPS) is 24.8. The number of fused-ring (bicyclic) bond motifs is 2. The van der Waals surface area contributed by atoms with Crippen LogP contribution in [0.25, 0.3) is 0 Å². The van der Waals surface area contributed by atoms with Crippen LogP contribution in [-0.4, -0.2) is 76.2 Å². The number of ether oxygens (including phenoxy) is 1. The second kappa shape index (κ2) is 10.9. The monoisotopic (exact) mass is 534 g/mol. The summed E-state index contributed by atoms with van der Waals surface area (Å²) in [7, 11) is 0. The molecule has 6 rings (SSSR count). The molecule has 4 heterocycles. The molecule has 9 nitrogen and oxygen atoms in total. The van der Waals surface area contributed by atoms with E-state index < -0.39 is 5.54 Å². The zero-order valence-electron chi connectivity index (χ0n) is 22.9. The minimum absolute atomic E-state index is 0.0143. The third-order valence-electron chi connectivity index (χ3n) is 9.37. The summed E-state index contributed by atoms with van der Waals surface area (Å²) in [5.41, 5.74) is 10.9. The van der Waals surface area contributed by atoms with Gasteiger partial charge >= 0.3 is 0 Å². The molecule has 1 aromatic carbocycles. The zero-order chi connectivity index (χ0) is 26.9. The molecule has 3 aliphatic heterocycles. The van der Waals surface area contributed by atoms with Crippen molar-refractivity contribution in [3.63, 3.8) is 0 Å². The number of nitrogens with two attached hydrogens (primary N) is 1. The fourth-order valence-corrected chi connectivity index (χ4v) is 6.96. The van der Waals surface area contributed by atoms with Gasteiger partial charge in [-0.05, 0) is 37.0 Å². The fourth-order valence-electron chi connectivity index (χ4n) is 6.96. The van der Waals surface area contributed by atoms with Crippen LogP contribution in [0.1, 0.15) is 92.0 Å². The van der Waals surface area contributed by atoms with E-state index in [0.29, 0.717) is 31.7 Å². The van der Waals surface area contributed by atoms with E-state index in [1.807, 2.05) is 23.2 Å². The lowest BCUT2D eigenvalue weighted by Gasteiger charge is -2.43. The van der Waals surface area contributed by atoms with E-state index in [1.165, 1.54) is 69.2 Å². The lowest BCUT2D eigenvalue weighted by Crippen LogP contribution is -2.68. The molecule has 2 saturated heterocycles. The molecule has 1 saturated carbocycles. The number of aromatic nitrogens is 2. The number of nitrogens with one attached hydrogen (secondary N) is 1. The minimum atomic E-state index is -0.889. The molecule has 9 heteroatoms. The molecule has 1 aliphatic carbocycles. The summed E-state index contributed by atoms with van der Waals surface area (Å²) in [6.45, 7) is 2.58. The van der Waals surface area contributed by atoms with Crippen LogP contribution in [0.15, 0.2) is 36.7 Å². The maximum atomic E-state index is 13.3. The highest BCUT2D eigenvalue weighted by atomic mass is 16.5. The van der Waals surface area contributed by atoms with Crippen molar-refractivity contribution < 1.29 is 14.3 Å². The van der Waals surface area contributed by atoms with E-state index >= 15 is 0 Å². The Morgan fingerprint density at radius 3 is 2.13 bits per heavy atom. The van der Waals surface area contributed by atoms with E-state index in [4.69, 9.17) is 15.5 Å². The third-order valence-corrected chi connectivity index (χ3v) is 9.37. The lowest BCUT2D eigenvalue weighted by molar-refractivity contribution is -0.155. The molecule has 0 radical (unpaired) electrons. The highest BCUT2D eigenvalue weighted by Crippen LogP contribution is 2.45. The highest BCUT2D eigenvalue weighted by molar-refractivity contribution is 5.94. The van der Waals surface area contributed by atoms with Crippen molar-refractivity contribution in [2.24, 2.45) is 5.73 Å². The average Bonchev–Trinajstić information content (AvgIpc) is 3.44. The summed E-state index contributed by atoms with van der Waals surface area (Å²) < 4.78 is 7.29. The summed E-state index contributed by atoms with van der Waals surface area (Å²) in [4.78, 5) is 34.4. The maximum absolute atomic E-state index is 13.3. The first-order valence-corrected chi connectivity index (χ1v) is 14.8. The number of carbonyl (C=O) groups excluding carboxylic acids is 2. The van der Waals surface area contributed by atoms with E-state index in [0.717, 1.165) is 6.42 Å². The second-order valence-electron chi connectivity index (χ2n) is 12.1. The third kappa shape index (κ3) is 5.18. The van der Waals surface area contributed by atoms with Crippen molar-refractivity contribution in [1.82, 2.24) is 19.5 Å². The van der Waals surface area contributed by atoms with Crippen LogP contribution < -0.4 is 11.2 Å². The summed E-state index contributed by atoms with van der Waals surface area (Å²) in [5, 5.41) is 0. The Bertz CT molecular complexity index is 1160. The van der Waals surface area contributed by atoms with E-state index in [-0.39, 0.29) is 36.5 Å². The molecule has 3 fully saturated rings. The van der Waals surface area contributed by atoms with Crippen molar-refractivity contribution in [2.45, 2.75) is 81.2 Å². The molecule has 2 amide bonds. The van der Waals surface area contributed by atoms with Crippen LogP contribution in [0.4, 0.5) is 0 Å². The first-order valence-electron chi connectivity index (χ1n) is 14.8. The number of nitrogens with zero attached hydrogens (tertiary/aromatic N) is 4. The minimum Gasteiger partial charge on any atom is -0.376 e. The Kier molecular flexibility index (Phi) is 7.37. The predicted octanol–water partition coefficient (Wildman–Crippen LogP) is 3.35. The maximum Gasteiger partial charge on any atom is 0.253 e. The molecule has 39 heavy (non-hydrogen) atoms. The lowest BCUT2D eigenvalue weighted by atomic mass is 9.70. The van der Waals surface area contributed by atoms with Crippen molar-refractivity contribution in [1.29, 1.82) is 0 Å². The Balaban J connectivity index is 1.12. The van der Waals surface area contributed by atoms with Gasteiger partial charge in [0.05, 0.1) is 19.3 Å². The molecule has 4 aliphatic rings. The van der Waals surface area contributed by atoms with Gasteiger partial charge in [-0.25, -0.2) is 4.98 Å². The van der Waals surface area contributed by atoms with Gasteiger partial charge in [0.15, 0.2) is 0 Å². The van der Waals surface area contributed by atoms with Gasteiger partial charge in [0.25, 0.3) is 5.91 Å². The van der Waals surface area contributed by atoms with Crippen molar-refractivity contribution in [2.75, 3.05) is 44.8 Å². The number of carbonyl (C=O) groups is 2. The standard InChI is InChI=1S/C30H42N6O3/c31-30(21-39-22-30)28(38)35-18-16-34(17-19-35)26(37)24-10-8-23(9-11-24)25-20-29(27-32-14-15-36(27)33-25)12-6-4-2-1-3-5-7-13-29/h8-11,14-15,25,33H,1-7,12-13,16-22,31H2. The Hall–Kier alpha value is -2.91. The predicted molar refractivity (Wildman–Crippen MR) is 149 cm³/mol. The zero-order valence-corrected chi connectivity index (χ0v) is 22.9. The van der Waals surface area contributed by atoms with Crippen LogP contribution in [0.5, 0.6) is 0 Å². The van der Waals surface area contributed by atoms with E-state index in [1.54, 1.807) is 4.90 Å². The van der Waals surface area contributed by atoms with Crippen molar-refractivity contribution in [3.8, 4) is 0 Å². The summed E-state index contributed by atoms with van der Waals surface area (Å²) >= 11 is 0. The van der Waals surface area contributed by atoms with Gasteiger partial charge in [0.1, 0.15) is 11.4 Å². The summed E-state index contributed by atoms with van der Waals surface area (Å²) in [6, 6.07) is 8.30. The molecular weight excluding hydrogens is 492 g/mol. The average molecular weight is 535 g/mol. The number of amides is 2. The van der Waals surface area contributed by atoms with Gasteiger partial charge in [-0.15, -0.1) is 0 Å². The topological polar surface area (TPSA) is 106 Å². The number of benzene rings is 1. The Morgan fingerprint density at radius 2 is 1.51 bits per heavy atom. The van der Waals surface area contributed by atoms with Gasteiger partial charge in [-0.1, -0.05) is 57.1 Å².